The maximum Gasteiger partial charge on any atom is 0.264 e. The van der Waals surface area contributed by atoms with Crippen LogP contribution < -0.4 is 9.46 Å². The average Bonchev–Trinajstić information content (AvgIpc) is 2.95. The van der Waals surface area contributed by atoms with Crippen molar-refractivity contribution in [1.82, 2.24) is 14.9 Å². The van der Waals surface area contributed by atoms with E-state index in [1.54, 1.807) is 18.2 Å². The van der Waals surface area contributed by atoms with Gasteiger partial charge in [-0.1, -0.05) is 58.9 Å². The van der Waals surface area contributed by atoms with Crippen LogP contribution >= 0.6 is 0 Å². The lowest BCUT2D eigenvalue weighted by Gasteiger charge is -2.45. The number of aliphatic hydroxyl groups is 1. The molecule has 2 aromatic carbocycles. The van der Waals surface area contributed by atoms with Gasteiger partial charge in [-0.15, -0.1) is 0 Å². The van der Waals surface area contributed by atoms with Crippen molar-refractivity contribution in [2.45, 2.75) is 110 Å². The van der Waals surface area contributed by atoms with Gasteiger partial charge >= 0.3 is 0 Å². The summed E-state index contributed by atoms with van der Waals surface area (Å²) >= 11 is 0. The highest BCUT2D eigenvalue weighted by Gasteiger charge is 2.41. The van der Waals surface area contributed by atoms with Crippen LogP contribution in [0.25, 0.3) is 11.3 Å². The lowest BCUT2D eigenvalue weighted by molar-refractivity contribution is -0.0413. The number of carbonyl (C=O) groups excluding carboxylic acids is 1. The number of nitrogens with zero attached hydrogens (tertiary/aromatic N) is 3. The molecular formula is C36H48N4O5S. The van der Waals surface area contributed by atoms with E-state index in [4.69, 9.17) is 4.74 Å². The molecule has 1 aromatic heterocycles. The molecule has 1 fully saturated rings. The van der Waals surface area contributed by atoms with Crippen molar-refractivity contribution < 1.29 is 23.1 Å². The second-order valence-electron chi connectivity index (χ2n) is 14.8. The Kier molecular flexibility index (Phi) is 9.53. The van der Waals surface area contributed by atoms with E-state index in [-0.39, 0.29) is 52.3 Å². The fraction of sp³-hybridized carbons (Fsp3) is 0.528. The quantitative estimate of drug-likeness (QED) is 0.308. The molecule has 1 saturated carbocycles. The van der Waals surface area contributed by atoms with Crippen molar-refractivity contribution in [3.05, 3.63) is 65.2 Å². The van der Waals surface area contributed by atoms with Gasteiger partial charge in [0, 0.05) is 23.2 Å². The lowest BCUT2D eigenvalue weighted by atomic mass is 9.76. The first-order chi connectivity index (χ1) is 21.5. The highest BCUT2D eigenvalue weighted by atomic mass is 32.2. The van der Waals surface area contributed by atoms with Crippen molar-refractivity contribution >= 4 is 21.9 Å². The molecule has 0 unspecified atom stereocenters. The first kappa shape index (κ1) is 33.9. The summed E-state index contributed by atoms with van der Waals surface area (Å²) in [5, 5.41) is 11.3. The summed E-state index contributed by atoms with van der Waals surface area (Å²) in [5.74, 6) is 0.229. The van der Waals surface area contributed by atoms with Crippen LogP contribution in [0.1, 0.15) is 94.6 Å². The number of fused-ring (bicyclic) bond motifs is 4. The molecule has 0 spiro atoms. The number of hydrogen-bond acceptors (Lipinski definition) is 7. The van der Waals surface area contributed by atoms with Gasteiger partial charge in [0.15, 0.2) is 0 Å². The molecule has 2 N–H and O–H groups in total. The van der Waals surface area contributed by atoms with E-state index >= 15 is 0 Å². The van der Waals surface area contributed by atoms with Gasteiger partial charge in [-0.05, 0) is 93.0 Å². The van der Waals surface area contributed by atoms with Crippen molar-refractivity contribution in [3.63, 3.8) is 0 Å². The van der Waals surface area contributed by atoms with Crippen LogP contribution in [0.5, 0.6) is 5.88 Å². The fourth-order valence-corrected chi connectivity index (χ4v) is 8.14. The molecule has 248 valence electrons. The Morgan fingerprint density at radius 3 is 2.33 bits per heavy atom. The van der Waals surface area contributed by atoms with Crippen LogP contribution in [0.15, 0.2) is 53.4 Å². The van der Waals surface area contributed by atoms with Crippen molar-refractivity contribution in [3.8, 4) is 17.1 Å². The lowest BCUT2D eigenvalue weighted by Crippen LogP contribution is -2.53. The number of aromatic nitrogens is 2. The van der Waals surface area contributed by atoms with Crippen LogP contribution in [0.4, 0.5) is 5.95 Å². The zero-order valence-electron chi connectivity index (χ0n) is 28.1. The molecule has 2 heterocycles. The fourth-order valence-electron chi connectivity index (χ4n) is 7.15. The number of hydrogen-bond donors (Lipinski definition) is 2. The highest BCUT2D eigenvalue weighted by molar-refractivity contribution is 7.92. The number of aryl methyl sites for hydroxylation is 2. The Labute approximate surface area is 273 Å². The maximum absolute atomic E-state index is 14.5. The molecule has 5 rings (SSSR count). The standard InChI is InChI=1S/C36H48N4O5S/c1-23(2)20-36(42)16-14-27(15-17-36)40-28(21-35(5,6)7)22-45-31-19-30(32-24(3)10-8-11-25(32)4)37-34(38-31)39-46(43,44)29-13-9-12-26(18-29)33(40)41/h8-13,18-19,23,27-28,42H,14-17,20-22H2,1-7H3,(H,37,38,39)/t27?,28-,36?/m1/s1. The SMILES string of the molecule is Cc1cccc(C)c1-c1cc2nc(n1)NS(=O)(=O)c1cccc(c1)C(=O)N(C1CCC(O)(CC(C)C)CC1)[C@H](CC(C)(C)C)CO2. The minimum atomic E-state index is -4.15. The van der Waals surface area contributed by atoms with Gasteiger partial charge in [0.05, 0.1) is 22.2 Å². The van der Waals surface area contributed by atoms with Gasteiger partial charge < -0.3 is 14.7 Å². The second-order valence-corrected chi connectivity index (χ2v) is 16.5. The van der Waals surface area contributed by atoms with E-state index in [0.29, 0.717) is 50.1 Å². The molecule has 3 aromatic rings. The molecular weight excluding hydrogens is 600 g/mol. The van der Waals surface area contributed by atoms with E-state index in [2.05, 4.69) is 49.3 Å². The minimum absolute atomic E-state index is 0.0524. The third-order valence-corrected chi connectivity index (χ3v) is 10.3. The number of nitrogens with one attached hydrogen (secondary N) is 1. The Hall–Kier alpha value is -3.50. The average molecular weight is 649 g/mol. The molecule has 1 atom stereocenters. The normalized spacial score (nSPS) is 23.5. The van der Waals surface area contributed by atoms with E-state index in [1.807, 2.05) is 36.9 Å². The zero-order chi connectivity index (χ0) is 33.4. The minimum Gasteiger partial charge on any atom is -0.475 e. The van der Waals surface area contributed by atoms with Crippen LogP contribution in [0, 0.1) is 25.2 Å². The number of ether oxygens (including phenoxy) is 1. The van der Waals surface area contributed by atoms with Gasteiger partial charge in [-0.3, -0.25) is 4.79 Å². The van der Waals surface area contributed by atoms with Gasteiger partial charge in [0.1, 0.15) is 6.61 Å². The maximum atomic E-state index is 14.5. The predicted octanol–water partition coefficient (Wildman–Crippen LogP) is 6.92. The largest absolute Gasteiger partial charge is 0.475 e. The summed E-state index contributed by atoms with van der Waals surface area (Å²) in [4.78, 5) is 25.5. The number of amides is 1. The molecule has 0 saturated heterocycles. The zero-order valence-corrected chi connectivity index (χ0v) is 28.9. The third kappa shape index (κ3) is 7.72. The Balaban J connectivity index is 1.63. The van der Waals surface area contributed by atoms with Gasteiger partial charge in [0.25, 0.3) is 15.9 Å². The summed E-state index contributed by atoms with van der Waals surface area (Å²) in [7, 11) is -4.15. The monoisotopic (exact) mass is 648 g/mol. The molecule has 1 aliphatic carbocycles. The summed E-state index contributed by atoms with van der Waals surface area (Å²) in [6.45, 7) is 14.8. The molecule has 46 heavy (non-hydrogen) atoms. The van der Waals surface area contributed by atoms with Crippen molar-refractivity contribution in [1.29, 1.82) is 0 Å². The topological polar surface area (TPSA) is 122 Å². The molecule has 9 nitrogen and oxygen atoms in total. The Bertz CT molecular complexity index is 1670. The second kappa shape index (κ2) is 13.0. The molecule has 10 heteroatoms. The van der Waals surface area contributed by atoms with E-state index in [1.165, 1.54) is 12.1 Å². The van der Waals surface area contributed by atoms with Gasteiger partial charge in [-0.2, -0.15) is 4.98 Å². The molecule has 0 radical (unpaired) electrons. The number of rotatable bonds is 5. The van der Waals surface area contributed by atoms with E-state index in [0.717, 1.165) is 16.7 Å². The van der Waals surface area contributed by atoms with Gasteiger partial charge in [0.2, 0.25) is 11.8 Å². The van der Waals surface area contributed by atoms with Crippen molar-refractivity contribution in [2.75, 3.05) is 11.3 Å². The number of sulfonamides is 1. The Morgan fingerprint density at radius 2 is 1.70 bits per heavy atom. The smallest absolute Gasteiger partial charge is 0.264 e. The van der Waals surface area contributed by atoms with Crippen molar-refractivity contribution in [2.24, 2.45) is 11.3 Å². The molecule has 4 bridgehead atoms. The number of carbonyl (C=O) groups is 1. The molecule has 2 aliphatic rings. The summed E-state index contributed by atoms with van der Waals surface area (Å²) in [6, 6.07) is 13.3. The predicted molar refractivity (Wildman–Crippen MR) is 180 cm³/mol. The van der Waals surface area contributed by atoms with Gasteiger partial charge in [-0.25, -0.2) is 18.1 Å². The highest BCUT2D eigenvalue weighted by Crippen LogP contribution is 2.38. The van der Waals surface area contributed by atoms with E-state index in [9.17, 15) is 18.3 Å². The summed E-state index contributed by atoms with van der Waals surface area (Å²) in [5.41, 5.74) is 2.77. The number of benzene rings is 2. The third-order valence-electron chi connectivity index (χ3n) is 9.02. The molecule has 1 aliphatic heterocycles. The van der Waals surface area contributed by atoms with Crippen LogP contribution in [0.3, 0.4) is 0 Å². The van der Waals surface area contributed by atoms with Crippen LogP contribution in [0.2, 0.25) is 0 Å². The molecule has 1 amide bonds. The van der Waals surface area contributed by atoms with Crippen LogP contribution in [-0.4, -0.2) is 58.6 Å². The first-order valence-electron chi connectivity index (χ1n) is 16.3. The summed E-state index contributed by atoms with van der Waals surface area (Å²) in [6.07, 6.45) is 3.83. The summed E-state index contributed by atoms with van der Waals surface area (Å²) < 4.78 is 36.3. The first-order valence-corrected chi connectivity index (χ1v) is 17.8. The van der Waals surface area contributed by atoms with E-state index < -0.39 is 15.6 Å². The van der Waals surface area contributed by atoms with Crippen LogP contribution in [-0.2, 0) is 10.0 Å². The number of anilines is 1. The Morgan fingerprint density at radius 1 is 1.04 bits per heavy atom.